The fourth-order valence-corrected chi connectivity index (χ4v) is 3.11. The van der Waals surface area contributed by atoms with E-state index in [2.05, 4.69) is 10.6 Å². The summed E-state index contributed by atoms with van der Waals surface area (Å²) in [6.07, 6.45) is 7.07. The Morgan fingerprint density at radius 2 is 2.08 bits per heavy atom. The van der Waals surface area contributed by atoms with E-state index in [0.29, 0.717) is 31.0 Å². The molecule has 2 fully saturated rings. The highest BCUT2D eigenvalue weighted by Gasteiger charge is 2.35. The molecule has 2 N–H and O–H groups in total. The fraction of sp³-hybridized carbons (Fsp3) is 0.368. The first-order valence-electron chi connectivity index (χ1n) is 8.68. The van der Waals surface area contributed by atoms with Gasteiger partial charge in [-0.15, -0.1) is 0 Å². The molecule has 6 nitrogen and oxygen atoms in total. The molecular weight excluding hydrogens is 318 g/mol. The van der Waals surface area contributed by atoms with Crippen molar-refractivity contribution in [1.82, 2.24) is 15.5 Å². The number of hydrogen-bond acceptors (Lipinski definition) is 4. The average Bonchev–Trinajstić information content (AvgIpc) is 3.47. The topological polar surface area (TPSA) is 70.7 Å². The van der Waals surface area contributed by atoms with Crippen LogP contribution in [0, 0.1) is 0 Å². The Hall–Kier alpha value is -2.60. The highest BCUT2D eigenvalue weighted by atomic mass is 16.5. The standard InChI is InChI=1S/C19H21N3O3/c23-18(21-15-5-6-15)16-12-20-8-9-22(16)19(24)14-7-10-25-17-4-2-1-3-13(17)11-14/h1-4,7,10-11,15-16,20H,5-6,8-9,12H2,(H,21,23)/t16-/m0/s1. The van der Waals surface area contributed by atoms with E-state index in [9.17, 15) is 9.59 Å². The van der Waals surface area contributed by atoms with E-state index in [1.54, 1.807) is 11.0 Å². The SMILES string of the molecule is O=C(NC1CC1)[C@@H]1CNCCN1C(=O)C1=Cc2ccccc2OC=C1. The first-order valence-corrected chi connectivity index (χ1v) is 8.68. The number of hydrogen-bond donors (Lipinski definition) is 2. The van der Waals surface area contributed by atoms with Crippen molar-refractivity contribution in [3.63, 3.8) is 0 Å². The number of amides is 2. The second-order valence-corrected chi connectivity index (χ2v) is 6.56. The Balaban J connectivity index is 1.57. The van der Waals surface area contributed by atoms with Crippen LogP contribution in [0.2, 0.25) is 0 Å². The molecule has 2 heterocycles. The van der Waals surface area contributed by atoms with Gasteiger partial charge in [-0.05, 0) is 31.1 Å². The number of ether oxygens (including phenoxy) is 1. The summed E-state index contributed by atoms with van der Waals surface area (Å²) in [5, 5.41) is 6.21. The zero-order valence-electron chi connectivity index (χ0n) is 13.9. The van der Waals surface area contributed by atoms with Crippen molar-refractivity contribution in [2.24, 2.45) is 0 Å². The van der Waals surface area contributed by atoms with Gasteiger partial charge in [-0.3, -0.25) is 9.59 Å². The number of fused-ring (bicyclic) bond motifs is 1. The number of carbonyl (C=O) groups excluding carboxylic acids is 2. The molecule has 1 aromatic carbocycles. The summed E-state index contributed by atoms with van der Waals surface area (Å²) >= 11 is 0. The number of nitrogens with zero attached hydrogens (tertiary/aromatic N) is 1. The summed E-state index contributed by atoms with van der Waals surface area (Å²) in [6.45, 7) is 1.67. The molecular formula is C19H21N3O3. The zero-order chi connectivity index (χ0) is 17.2. The maximum absolute atomic E-state index is 13.1. The molecule has 1 aliphatic carbocycles. The summed E-state index contributed by atoms with van der Waals surface area (Å²) in [5.74, 6) is 0.497. The predicted molar refractivity (Wildman–Crippen MR) is 93.7 cm³/mol. The number of rotatable bonds is 3. The van der Waals surface area contributed by atoms with Crippen LogP contribution in [-0.2, 0) is 9.59 Å². The maximum atomic E-state index is 13.1. The Morgan fingerprint density at radius 1 is 1.24 bits per heavy atom. The largest absolute Gasteiger partial charge is 0.464 e. The van der Waals surface area contributed by atoms with Crippen LogP contribution in [0.3, 0.4) is 0 Å². The molecule has 1 saturated heterocycles. The van der Waals surface area contributed by atoms with Gasteiger partial charge in [-0.1, -0.05) is 18.2 Å². The molecule has 2 amide bonds. The van der Waals surface area contributed by atoms with Gasteiger partial charge in [0.25, 0.3) is 5.91 Å². The van der Waals surface area contributed by atoms with Crippen molar-refractivity contribution in [3.8, 4) is 5.75 Å². The molecule has 4 rings (SSSR count). The number of carbonyl (C=O) groups is 2. The molecule has 2 aliphatic heterocycles. The minimum absolute atomic E-state index is 0.0714. The smallest absolute Gasteiger partial charge is 0.254 e. The lowest BCUT2D eigenvalue weighted by Crippen LogP contribution is -2.60. The molecule has 1 aromatic rings. The number of piperazine rings is 1. The number of nitrogens with one attached hydrogen (secondary N) is 2. The van der Waals surface area contributed by atoms with Crippen LogP contribution in [0.25, 0.3) is 6.08 Å². The van der Waals surface area contributed by atoms with Gasteiger partial charge in [-0.2, -0.15) is 0 Å². The quantitative estimate of drug-likeness (QED) is 0.864. The normalized spacial score (nSPS) is 22.3. The molecule has 0 unspecified atom stereocenters. The lowest BCUT2D eigenvalue weighted by atomic mass is 10.1. The third-order valence-corrected chi connectivity index (χ3v) is 4.65. The van der Waals surface area contributed by atoms with Crippen molar-refractivity contribution >= 4 is 17.9 Å². The van der Waals surface area contributed by atoms with E-state index >= 15 is 0 Å². The molecule has 130 valence electrons. The first-order chi connectivity index (χ1) is 12.2. The average molecular weight is 339 g/mol. The van der Waals surface area contributed by atoms with E-state index < -0.39 is 6.04 Å². The Bertz CT molecular complexity index is 752. The monoisotopic (exact) mass is 339 g/mol. The van der Waals surface area contributed by atoms with Crippen LogP contribution in [0.5, 0.6) is 5.75 Å². The molecule has 25 heavy (non-hydrogen) atoms. The molecule has 0 spiro atoms. The second kappa shape index (κ2) is 6.72. The van der Waals surface area contributed by atoms with Crippen LogP contribution >= 0.6 is 0 Å². The van der Waals surface area contributed by atoms with Gasteiger partial charge in [-0.25, -0.2) is 0 Å². The Labute approximate surface area is 146 Å². The third-order valence-electron chi connectivity index (χ3n) is 4.65. The molecule has 1 saturated carbocycles. The lowest BCUT2D eigenvalue weighted by Gasteiger charge is -2.35. The summed E-state index contributed by atoms with van der Waals surface area (Å²) in [6, 6.07) is 7.37. The van der Waals surface area contributed by atoms with Gasteiger partial charge in [0.15, 0.2) is 0 Å². The van der Waals surface area contributed by atoms with Crippen LogP contribution in [0.15, 0.2) is 42.2 Å². The fourth-order valence-electron chi connectivity index (χ4n) is 3.11. The van der Waals surface area contributed by atoms with Crippen molar-refractivity contribution in [2.45, 2.75) is 24.9 Å². The highest BCUT2D eigenvalue weighted by molar-refractivity contribution is 6.03. The zero-order valence-corrected chi connectivity index (χ0v) is 13.9. The third kappa shape index (κ3) is 3.44. The summed E-state index contributed by atoms with van der Waals surface area (Å²) in [4.78, 5) is 27.2. The van der Waals surface area contributed by atoms with E-state index in [4.69, 9.17) is 4.74 Å². The predicted octanol–water partition coefficient (Wildman–Crippen LogP) is 1.06. The minimum Gasteiger partial charge on any atom is -0.464 e. The van der Waals surface area contributed by atoms with Gasteiger partial charge >= 0.3 is 0 Å². The van der Waals surface area contributed by atoms with E-state index in [1.165, 1.54) is 6.26 Å². The molecule has 0 aromatic heterocycles. The van der Waals surface area contributed by atoms with E-state index in [-0.39, 0.29) is 17.9 Å². The second-order valence-electron chi connectivity index (χ2n) is 6.56. The Kier molecular flexibility index (Phi) is 4.28. The summed E-state index contributed by atoms with van der Waals surface area (Å²) in [5.41, 5.74) is 1.38. The highest BCUT2D eigenvalue weighted by Crippen LogP contribution is 2.26. The number of para-hydroxylation sites is 1. The van der Waals surface area contributed by atoms with Crippen molar-refractivity contribution in [2.75, 3.05) is 19.6 Å². The molecule has 0 bridgehead atoms. The molecule has 0 radical (unpaired) electrons. The van der Waals surface area contributed by atoms with Crippen molar-refractivity contribution in [3.05, 3.63) is 47.7 Å². The lowest BCUT2D eigenvalue weighted by molar-refractivity contribution is -0.138. The maximum Gasteiger partial charge on any atom is 0.254 e. The van der Waals surface area contributed by atoms with Crippen LogP contribution in [-0.4, -0.2) is 48.4 Å². The van der Waals surface area contributed by atoms with Crippen LogP contribution in [0.4, 0.5) is 0 Å². The summed E-state index contributed by atoms with van der Waals surface area (Å²) < 4.78 is 5.56. The van der Waals surface area contributed by atoms with Gasteiger partial charge < -0.3 is 20.3 Å². The van der Waals surface area contributed by atoms with Crippen molar-refractivity contribution in [1.29, 1.82) is 0 Å². The van der Waals surface area contributed by atoms with Gasteiger partial charge in [0.1, 0.15) is 11.8 Å². The Morgan fingerprint density at radius 3 is 2.92 bits per heavy atom. The number of benzene rings is 1. The van der Waals surface area contributed by atoms with Crippen LogP contribution in [0.1, 0.15) is 18.4 Å². The van der Waals surface area contributed by atoms with Crippen molar-refractivity contribution < 1.29 is 14.3 Å². The molecule has 3 aliphatic rings. The first kappa shape index (κ1) is 15.9. The molecule has 1 atom stereocenters. The van der Waals surface area contributed by atoms with E-state index in [1.807, 2.05) is 30.3 Å². The van der Waals surface area contributed by atoms with Gasteiger partial charge in [0.2, 0.25) is 5.91 Å². The molecule has 6 heteroatoms. The minimum atomic E-state index is -0.476. The van der Waals surface area contributed by atoms with E-state index in [0.717, 1.165) is 18.4 Å². The summed E-state index contributed by atoms with van der Waals surface area (Å²) in [7, 11) is 0. The van der Waals surface area contributed by atoms with Gasteiger partial charge in [0.05, 0.1) is 6.26 Å². The van der Waals surface area contributed by atoms with Gasteiger partial charge in [0, 0.05) is 36.8 Å². The van der Waals surface area contributed by atoms with Crippen LogP contribution < -0.4 is 15.4 Å².